The number of hydrogen-bond acceptors (Lipinski definition) is 6. The smallest absolute Gasteiger partial charge is 0.341 e. The molecule has 0 aliphatic heterocycles. The van der Waals surface area contributed by atoms with Crippen LogP contribution in [0.4, 0.5) is 10.7 Å². The van der Waals surface area contributed by atoms with Crippen LogP contribution in [0.3, 0.4) is 0 Å². The number of carbonyl (C=O) groups is 3. The molecule has 0 bridgehead atoms. The number of anilines is 2. The van der Waals surface area contributed by atoms with Crippen molar-refractivity contribution >= 4 is 39.7 Å². The van der Waals surface area contributed by atoms with Crippen molar-refractivity contribution < 1.29 is 19.1 Å². The Morgan fingerprint density at radius 2 is 1.92 bits per heavy atom. The van der Waals surface area contributed by atoms with E-state index in [0.29, 0.717) is 21.8 Å². The van der Waals surface area contributed by atoms with Gasteiger partial charge < -0.3 is 15.4 Å². The monoisotopic (exact) mass is 360 g/mol. The summed E-state index contributed by atoms with van der Waals surface area (Å²) in [5, 5.41) is 6.19. The molecule has 1 amide bonds. The van der Waals surface area contributed by atoms with Crippen LogP contribution in [0.5, 0.6) is 0 Å². The molecule has 0 aliphatic rings. The molecule has 132 valence electrons. The van der Waals surface area contributed by atoms with E-state index in [2.05, 4.69) is 10.6 Å². The number of thiophene rings is 1. The highest BCUT2D eigenvalue weighted by Crippen LogP contribution is 2.32. The van der Waals surface area contributed by atoms with Crippen LogP contribution in [0.1, 0.15) is 38.1 Å². The number of nitrogens with one attached hydrogen (secondary N) is 2. The Kier molecular flexibility index (Phi) is 5.93. The average Bonchev–Trinajstić information content (AvgIpc) is 2.86. The van der Waals surface area contributed by atoms with Gasteiger partial charge in [-0.1, -0.05) is 12.1 Å². The molecule has 25 heavy (non-hydrogen) atoms. The minimum Gasteiger partial charge on any atom is -0.465 e. The van der Waals surface area contributed by atoms with Crippen molar-refractivity contribution in [3.05, 3.63) is 45.8 Å². The molecule has 2 aromatic rings. The zero-order valence-electron chi connectivity index (χ0n) is 14.6. The maximum absolute atomic E-state index is 12.2. The summed E-state index contributed by atoms with van der Waals surface area (Å²) in [7, 11) is 1.31. The van der Waals surface area contributed by atoms with Crippen molar-refractivity contribution in [2.75, 3.05) is 24.3 Å². The third-order valence-electron chi connectivity index (χ3n) is 3.75. The van der Waals surface area contributed by atoms with Gasteiger partial charge in [0.05, 0.1) is 19.2 Å². The van der Waals surface area contributed by atoms with Gasteiger partial charge in [-0.3, -0.25) is 9.59 Å². The molecule has 0 saturated heterocycles. The third-order valence-corrected chi connectivity index (χ3v) is 4.87. The molecule has 0 radical (unpaired) electrons. The van der Waals surface area contributed by atoms with Gasteiger partial charge in [0.15, 0.2) is 5.78 Å². The molecule has 6 nitrogen and oxygen atoms in total. The van der Waals surface area contributed by atoms with Gasteiger partial charge in [-0.2, -0.15) is 0 Å². The van der Waals surface area contributed by atoms with Crippen LogP contribution < -0.4 is 10.6 Å². The number of Topliss-reactive ketones (excluding diaryl/α,β-unsaturated/α-hetero) is 1. The van der Waals surface area contributed by atoms with Crippen molar-refractivity contribution in [3.8, 4) is 0 Å². The van der Waals surface area contributed by atoms with Crippen LogP contribution in [-0.2, 0) is 9.53 Å². The second kappa shape index (κ2) is 7.94. The van der Waals surface area contributed by atoms with E-state index in [1.165, 1.54) is 25.4 Å². The Morgan fingerprint density at radius 1 is 1.20 bits per heavy atom. The number of carbonyl (C=O) groups excluding carboxylic acids is 3. The first-order chi connectivity index (χ1) is 11.8. The molecule has 1 aromatic heterocycles. The summed E-state index contributed by atoms with van der Waals surface area (Å²) in [6.07, 6.45) is 0. The molecule has 0 spiro atoms. The van der Waals surface area contributed by atoms with Gasteiger partial charge in [-0.15, -0.1) is 11.3 Å². The fraction of sp³-hybridized carbons (Fsp3) is 0.278. The molecule has 0 atom stereocenters. The summed E-state index contributed by atoms with van der Waals surface area (Å²) in [5.74, 6) is -0.806. The highest BCUT2D eigenvalue weighted by atomic mass is 32.1. The Bertz CT molecular complexity index is 826. The lowest BCUT2D eigenvalue weighted by atomic mass is 10.1. The lowest BCUT2D eigenvalue weighted by Crippen LogP contribution is -2.22. The van der Waals surface area contributed by atoms with Crippen LogP contribution >= 0.6 is 11.3 Å². The van der Waals surface area contributed by atoms with E-state index in [9.17, 15) is 14.4 Å². The van der Waals surface area contributed by atoms with Gasteiger partial charge in [-0.05, 0) is 38.5 Å². The number of aryl methyl sites for hydroxylation is 1. The quantitative estimate of drug-likeness (QED) is 0.609. The topological polar surface area (TPSA) is 84.5 Å². The Morgan fingerprint density at radius 3 is 2.56 bits per heavy atom. The van der Waals surface area contributed by atoms with E-state index < -0.39 is 5.97 Å². The summed E-state index contributed by atoms with van der Waals surface area (Å²) < 4.78 is 4.79. The predicted octanol–water partition coefficient (Wildman–Crippen LogP) is 3.40. The molecular weight excluding hydrogens is 340 g/mol. The van der Waals surface area contributed by atoms with Crippen molar-refractivity contribution in [2.24, 2.45) is 0 Å². The minimum absolute atomic E-state index is 0.0119. The molecule has 0 fully saturated rings. The van der Waals surface area contributed by atoms with Crippen LogP contribution in [0.25, 0.3) is 0 Å². The van der Waals surface area contributed by atoms with E-state index in [-0.39, 0.29) is 18.2 Å². The molecule has 1 heterocycles. The summed E-state index contributed by atoms with van der Waals surface area (Å²) in [4.78, 5) is 36.5. The molecule has 2 N–H and O–H groups in total. The molecule has 0 aliphatic carbocycles. The van der Waals surface area contributed by atoms with Crippen LogP contribution in [0.15, 0.2) is 24.3 Å². The number of amides is 1. The molecular formula is C18H20N2O4S. The summed E-state index contributed by atoms with van der Waals surface area (Å²) >= 11 is 1.34. The number of benzene rings is 1. The highest BCUT2D eigenvalue weighted by molar-refractivity contribution is 7.16. The van der Waals surface area contributed by atoms with E-state index >= 15 is 0 Å². The van der Waals surface area contributed by atoms with Crippen molar-refractivity contribution in [1.82, 2.24) is 0 Å². The first-order valence-electron chi connectivity index (χ1n) is 7.66. The number of methoxy groups -OCH3 is 1. The maximum atomic E-state index is 12.2. The number of hydrogen-bond donors (Lipinski definition) is 2. The minimum atomic E-state index is -0.473. The Balaban J connectivity index is 2.06. The van der Waals surface area contributed by atoms with Crippen LogP contribution in [-0.4, -0.2) is 31.3 Å². The number of esters is 1. The molecule has 0 unspecified atom stereocenters. The first kappa shape index (κ1) is 18.7. The first-order valence-corrected chi connectivity index (χ1v) is 8.48. The predicted molar refractivity (Wildman–Crippen MR) is 98.7 cm³/mol. The fourth-order valence-corrected chi connectivity index (χ4v) is 3.33. The van der Waals surface area contributed by atoms with Crippen molar-refractivity contribution in [3.63, 3.8) is 0 Å². The van der Waals surface area contributed by atoms with E-state index in [1.54, 1.807) is 24.3 Å². The lowest BCUT2D eigenvalue weighted by Gasteiger charge is -2.09. The van der Waals surface area contributed by atoms with E-state index in [4.69, 9.17) is 4.74 Å². The largest absolute Gasteiger partial charge is 0.465 e. The van der Waals surface area contributed by atoms with Crippen molar-refractivity contribution in [2.45, 2.75) is 20.8 Å². The van der Waals surface area contributed by atoms with Gasteiger partial charge in [0, 0.05) is 16.1 Å². The van der Waals surface area contributed by atoms with E-state index in [1.807, 2.05) is 13.8 Å². The molecule has 0 saturated carbocycles. The van der Waals surface area contributed by atoms with Crippen LogP contribution in [0.2, 0.25) is 0 Å². The SMILES string of the molecule is COC(=O)c1c(NC(=O)CNc2cccc(C(C)=O)c2)sc(C)c1C. The average molecular weight is 360 g/mol. The van der Waals surface area contributed by atoms with Gasteiger partial charge in [-0.25, -0.2) is 4.79 Å². The lowest BCUT2D eigenvalue weighted by molar-refractivity contribution is -0.114. The summed E-state index contributed by atoms with van der Waals surface area (Å²) in [6, 6.07) is 6.93. The molecule has 1 aromatic carbocycles. The molecule has 2 rings (SSSR count). The highest BCUT2D eigenvalue weighted by Gasteiger charge is 2.21. The maximum Gasteiger partial charge on any atom is 0.341 e. The number of ether oxygens (including phenoxy) is 1. The zero-order chi connectivity index (χ0) is 18.6. The van der Waals surface area contributed by atoms with Gasteiger partial charge in [0.2, 0.25) is 5.91 Å². The van der Waals surface area contributed by atoms with E-state index in [0.717, 1.165) is 10.4 Å². The van der Waals surface area contributed by atoms with Gasteiger partial charge in [0.1, 0.15) is 5.00 Å². The number of rotatable bonds is 6. The zero-order valence-corrected chi connectivity index (χ0v) is 15.4. The Labute approximate surface area is 150 Å². The third kappa shape index (κ3) is 4.45. The van der Waals surface area contributed by atoms with Gasteiger partial charge in [0.25, 0.3) is 0 Å². The van der Waals surface area contributed by atoms with Gasteiger partial charge >= 0.3 is 5.97 Å². The molecule has 7 heteroatoms. The Hall–Kier alpha value is -2.67. The second-order valence-electron chi connectivity index (χ2n) is 5.52. The standard InChI is InChI=1S/C18H20N2O4S/c1-10-12(3)25-17(16(10)18(23)24-4)20-15(22)9-19-14-7-5-6-13(8-14)11(2)21/h5-8,19H,9H2,1-4H3,(H,20,22). The van der Waals surface area contributed by atoms with Crippen molar-refractivity contribution in [1.29, 1.82) is 0 Å². The summed E-state index contributed by atoms with van der Waals surface area (Å²) in [5.41, 5.74) is 2.43. The fourth-order valence-electron chi connectivity index (χ4n) is 2.26. The summed E-state index contributed by atoms with van der Waals surface area (Å²) in [6.45, 7) is 5.20. The van der Waals surface area contributed by atoms with Crippen LogP contribution in [0, 0.1) is 13.8 Å². The normalized spacial score (nSPS) is 10.2. The number of ketones is 1. The second-order valence-corrected chi connectivity index (χ2v) is 6.74.